The predicted octanol–water partition coefficient (Wildman–Crippen LogP) is 3.12. The minimum Gasteiger partial charge on any atom is -0.337 e. The number of nitrogens with two attached hydrogens (primary N) is 1. The van der Waals surface area contributed by atoms with E-state index in [1.807, 2.05) is 30.0 Å². The number of carbonyl (C=O) groups excluding carboxylic acids is 1. The number of amides is 1. The summed E-state index contributed by atoms with van der Waals surface area (Å²) < 4.78 is 0. The average molecular weight is 297 g/mol. The standard InChI is InChI=1S/C16H24N2O.ClH/c1-2-18(13-14-9-5-3-6-10-14)15(19)16(17)11-7-4-8-12-16;/h3,5-6,9-10H,2,4,7-8,11-13,17H2,1H3;1H. The number of likely N-dealkylation sites (N-methyl/N-ethyl adjacent to an activating group) is 1. The fraction of sp³-hybridized carbons (Fsp3) is 0.562. The van der Waals surface area contributed by atoms with Crippen molar-refractivity contribution in [3.8, 4) is 0 Å². The lowest BCUT2D eigenvalue weighted by Gasteiger charge is -2.36. The molecule has 4 heteroatoms. The van der Waals surface area contributed by atoms with Gasteiger partial charge >= 0.3 is 0 Å². The van der Waals surface area contributed by atoms with Gasteiger partial charge in [-0.2, -0.15) is 0 Å². The van der Waals surface area contributed by atoms with Crippen LogP contribution >= 0.6 is 12.4 Å². The Labute approximate surface area is 127 Å². The molecule has 3 nitrogen and oxygen atoms in total. The molecule has 0 radical (unpaired) electrons. The van der Waals surface area contributed by atoms with Gasteiger partial charge in [-0.25, -0.2) is 0 Å². The molecule has 0 heterocycles. The first-order valence-corrected chi connectivity index (χ1v) is 7.28. The van der Waals surface area contributed by atoms with Crippen molar-refractivity contribution in [3.05, 3.63) is 35.9 Å². The van der Waals surface area contributed by atoms with Crippen LogP contribution < -0.4 is 5.73 Å². The van der Waals surface area contributed by atoms with Crippen molar-refractivity contribution >= 4 is 18.3 Å². The first-order valence-electron chi connectivity index (χ1n) is 7.28. The Balaban J connectivity index is 0.00000200. The average Bonchev–Trinajstić information content (AvgIpc) is 2.46. The van der Waals surface area contributed by atoms with Gasteiger partial charge in [0.2, 0.25) is 5.91 Å². The van der Waals surface area contributed by atoms with Gasteiger partial charge in [-0.15, -0.1) is 12.4 Å². The molecule has 2 N–H and O–H groups in total. The maximum atomic E-state index is 12.7. The highest BCUT2D eigenvalue weighted by Gasteiger charge is 2.37. The molecule has 112 valence electrons. The van der Waals surface area contributed by atoms with Crippen molar-refractivity contribution in [1.29, 1.82) is 0 Å². The van der Waals surface area contributed by atoms with Gasteiger partial charge in [0, 0.05) is 13.1 Å². The number of nitrogens with zero attached hydrogens (tertiary/aromatic N) is 1. The number of rotatable bonds is 4. The van der Waals surface area contributed by atoms with Gasteiger partial charge in [-0.05, 0) is 25.3 Å². The second-order valence-electron chi connectivity index (χ2n) is 5.52. The van der Waals surface area contributed by atoms with Gasteiger partial charge in [-0.1, -0.05) is 49.6 Å². The summed E-state index contributed by atoms with van der Waals surface area (Å²) in [7, 11) is 0. The summed E-state index contributed by atoms with van der Waals surface area (Å²) in [6.07, 6.45) is 5.02. The Hall–Kier alpha value is -1.06. The molecule has 1 aliphatic rings. The zero-order valence-electron chi connectivity index (χ0n) is 12.2. The molecule has 0 aliphatic heterocycles. The van der Waals surface area contributed by atoms with E-state index in [2.05, 4.69) is 12.1 Å². The van der Waals surface area contributed by atoms with E-state index >= 15 is 0 Å². The Morgan fingerprint density at radius 1 is 1.20 bits per heavy atom. The quantitative estimate of drug-likeness (QED) is 0.928. The third kappa shape index (κ3) is 3.97. The lowest BCUT2D eigenvalue weighted by molar-refractivity contribution is -0.138. The highest BCUT2D eigenvalue weighted by atomic mass is 35.5. The molecular formula is C16H25ClN2O. The third-order valence-electron chi connectivity index (χ3n) is 4.06. The van der Waals surface area contributed by atoms with Crippen LogP contribution in [0.15, 0.2) is 30.3 Å². The fourth-order valence-corrected chi connectivity index (χ4v) is 2.84. The van der Waals surface area contributed by atoms with Crippen molar-refractivity contribution in [1.82, 2.24) is 4.90 Å². The molecule has 2 rings (SSSR count). The van der Waals surface area contributed by atoms with Gasteiger partial charge in [0.25, 0.3) is 0 Å². The van der Waals surface area contributed by atoms with Gasteiger partial charge in [-0.3, -0.25) is 4.79 Å². The van der Waals surface area contributed by atoms with Crippen LogP contribution in [-0.4, -0.2) is 22.9 Å². The first kappa shape index (κ1) is 17.0. The number of hydrogen-bond acceptors (Lipinski definition) is 2. The largest absolute Gasteiger partial charge is 0.337 e. The molecule has 20 heavy (non-hydrogen) atoms. The van der Waals surface area contributed by atoms with Crippen LogP contribution in [-0.2, 0) is 11.3 Å². The van der Waals surface area contributed by atoms with Gasteiger partial charge in [0.1, 0.15) is 0 Å². The fourth-order valence-electron chi connectivity index (χ4n) is 2.84. The maximum absolute atomic E-state index is 12.7. The zero-order chi connectivity index (χ0) is 13.7. The summed E-state index contributed by atoms with van der Waals surface area (Å²) in [5.41, 5.74) is 6.88. The van der Waals surface area contributed by atoms with Crippen molar-refractivity contribution in [2.24, 2.45) is 5.73 Å². The molecule has 0 spiro atoms. The summed E-state index contributed by atoms with van der Waals surface area (Å²) >= 11 is 0. The molecule has 1 saturated carbocycles. The minimum absolute atomic E-state index is 0. The van der Waals surface area contributed by atoms with E-state index < -0.39 is 5.54 Å². The second-order valence-corrected chi connectivity index (χ2v) is 5.52. The molecule has 1 amide bonds. The number of benzene rings is 1. The van der Waals surface area contributed by atoms with Gasteiger partial charge in [0.05, 0.1) is 5.54 Å². The van der Waals surface area contributed by atoms with Crippen LogP contribution in [0.1, 0.15) is 44.6 Å². The molecule has 1 aromatic rings. The van der Waals surface area contributed by atoms with Gasteiger partial charge < -0.3 is 10.6 Å². The number of hydrogen-bond donors (Lipinski definition) is 1. The summed E-state index contributed by atoms with van der Waals surface area (Å²) in [5, 5.41) is 0. The van der Waals surface area contributed by atoms with E-state index in [0.29, 0.717) is 13.1 Å². The van der Waals surface area contributed by atoms with E-state index in [0.717, 1.165) is 31.2 Å². The SMILES string of the molecule is CCN(Cc1ccccc1)C(=O)C1(N)CCCCC1.Cl. The van der Waals surface area contributed by atoms with E-state index in [-0.39, 0.29) is 18.3 Å². The molecule has 1 aliphatic carbocycles. The van der Waals surface area contributed by atoms with Crippen LogP contribution in [0.4, 0.5) is 0 Å². The molecule has 0 aromatic heterocycles. The Morgan fingerprint density at radius 3 is 2.35 bits per heavy atom. The minimum atomic E-state index is -0.622. The monoisotopic (exact) mass is 296 g/mol. The molecule has 0 unspecified atom stereocenters. The van der Waals surface area contributed by atoms with Crippen LogP contribution in [0.25, 0.3) is 0 Å². The van der Waals surface area contributed by atoms with E-state index in [1.54, 1.807) is 0 Å². The summed E-state index contributed by atoms with van der Waals surface area (Å²) in [5.74, 6) is 0.124. The van der Waals surface area contributed by atoms with Crippen molar-refractivity contribution in [2.75, 3.05) is 6.54 Å². The van der Waals surface area contributed by atoms with E-state index in [4.69, 9.17) is 5.73 Å². The molecule has 1 aromatic carbocycles. The highest BCUT2D eigenvalue weighted by molar-refractivity contribution is 5.86. The topological polar surface area (TPSA) is 46.3 Å². The van der Waals surface area contributed by atoms with Crippen LogP contribution in [0.2, 0.25) is 0 Å². The van der Waals surface area contributed by atoms with Crippen molar-refractivity contribution in [2.45, 2.75) is 51.1 Å². The van der Waals surface area contributed by atoms with E-state index in [1.165, 1.54) is 6.42 Å². The summed E-state index contributed by atoms with van der Waals surface area (Å²) in [4.78, 5) is 14.5. The summed E-state index contributed by atoms with van der Waals surface area (Å²) in [6, 6.07) is 10.1. The maximum Gasteiger partial charge on any atom is 0.242 e. The Morgan fingerprint density at radius 2 is 1.80 bits per heavy atom. The first-order chi connectivity index (χ1) is 9.15. The normalized spacial score (nSPS) is 17.1. The third-order valence-corrected chi connectivity index (χ3v) is 4.06. The smallest absolute Gasteiger partial charge is 0.242 e. The lowest BCUT2D eigenvalue weighted by atomic mass is 9.81. The summed E-state index contributed by atoms with van der Waals surface area (Å²) in [6.45, 7) is 3.40. The molecule has 0 bridgehead atoms. The van der Waals surface area contributed by atoms with Crippen LogP contribution in [0.5, 0.6) is 0 Å². The van der Waals surface area contributed by atoms with Crippen molar-refractivity contribution in [3.63, 3.8) is 0 Å². The lowest BCUT2D eigenvalue weighted by Crippen LogP contribution is -2.56. The molecular weight excluding hydrogens is 272 g/mol. The van der Waals surface area contributed by atoms with Crippen LogP contribution in [0, 0.1) is 0 Å². The van der Waals surface area contributed by atoms with Gasteiger partial charge in [0.15, 0.2) is 0 Å². The predicted molar refractivity (Wildman–Crippen MR) is 84.8 cm³/mol. The van der Waals surface area contributed by atoms with Crippen LogP contribution in [0.3, 0.4) is 0 Å². The highest BCUT2D eigenvalue weighted by Crippen LogP contribution is 2.28. The molecule has 0 saturated heterocycles. The zero-order valence-corrected chi connectivity index (χ0v) is 13.0. The Bertz CT molecular complexity index is 416. The van der Waals surface area contributed by atoms with E-state index in [9.17, 15) is 4.79 Å². The number of carbonyl (C=O) groups is 1. The molecule has 0 atom stereocenters. The Kier molecular flexibility index (Phi) is 6.50. The molecule has 1 fully saturated rings. The number of halogens is 1. The second kappa shape index (κ2) is 7.65. The van der Waals surface area contributed by atoms with Crippen molar-refractivity contribution < 1.29 is 4.79 Å².